The first-order valence-corrected chi connectivity index (χ1v) is 43.1. The molecule has 3 aliphatic rings. The van der Waals surface area contributed by atoms with E-state index in [-0.39, 0.29) is 203 Å². The maximum atomic E-state index is 14.4. The molecule has 0 radical (unpaired) electrons. The van der Waals surface area contributed by atoms with E-state index < -0.39 is 274 Å². The summed E-state index contributed by atoms with van der Waals surface area (Å²) in [7, 11) is 1.19. The molecule has 1 atom stereocenters. The standard InChI is InChI=1S/C77H134N24O32/c1-56(101-31-29-98(49-73(127)128)25-27-100(51-75(131)133-2)28-26-99(30-32-101)50-74(129)130)76(132)83-36-60(105)87-55-77(52-84-57(102)33-80-61(106)39-88(5-3-78-37-64(109)110)7-8-89(42-66(113)114)6-4-79-38-65(111)112,53-85-58(103)34-81-62(107)40-90-9-13-92(43-67(115)116)17-21-96(47-71(123)124)22-18-93(14-10-90)44-68(117)118)54-86-59(104)35-82-63(108)41-91-11-15-94(45-69(119)120)19-23-97(48-72(125)126)24-20-95(16-12-91)46-70(121)122/h56,78-79H,3-55H2,1-2H3,(H,80,106)(H,81,107)(H,82,108)(H,83,132)(H,84,102)(H,85,103)(H,86,104)(H,87,105)(H,109,110)(H,111,112)(H,113,114)(H,115,116)(H,117,118)(H,119,120)(H,121,122)(H,123,124)(H,125,126)(H,127,128)(H,129,130)/t56-/m0/s1. The summed E-state index contributed by atoms with van der Waals surface area (Å²) in [6.45, 7) is -9.96. The molecule has 56 heteroatoms. The van der Waals surface area contributed by atoms with Crippen molar-refractivity contribution in [2.45, 2.75) is 13.0 Å². The summed E-state index contributed by atoms with van der Waals surface area (Å²) in [6.07, 6.45) is 0. The number of carboxylic acids is 11. The van der Waals surface area contributed by atoms with Crippen LogP contribution in [-0.2, 0) is 101 Å². The van der Waals surface area contributed by atoms with Crippen molar-refractivity contribution >= 4 is 119 Å². The first-order chi connectivity index (χ1) is 62.9. The fourth-order valence-electron chi connectivity index (χ4n) is 14.1. The molecule has 0 aromatic rings. The normalized spacial score (nSPS) is 16.9. The molecule has 3 aliphatic heterocycles. The van der Waals surface area contributed by atoms with Crippen molar-refractivity contribution in [3.8, 4) is 0 Å². The zero-order chi connectivity index (χ0) is 99.0. The van der Waals surface area contributed by atoms with Crippen molar-refractivity contribution in [1.29, 1.82) is 0 Å². The summed E-state index contributed by atoms with van der Waals surface area (Å²) >= 11 is 0. The average molecular weight is 1910 g/mol. The summed E-state index contributed by atoms with van der Waals surface area (Å²) in [6, 6.07) is -1.11. The van der Waals surface area contributed by atoms with Crippen LogP contribution in [0.4, 0.5) is 0 Å². The lowest BCUT2D eigenvalue weighted by atomic mass is 9.86. The number of esters is 1. The zero-order valence-electron chi connectivity index (χ0n) is 75.3. The number of hydrogen-bond donors (Lipinski definition) is 21. The van der Waals surface area contributed by atoms with Gasteiger partial charge in [-0.15, -0.1) is 0 Å². The fraction of sp³-hybridized carbons (Fsp3) is 0.740. The molecule has 8 amide bonds. The number of methoxy groups -OCH3 is 1. The summed E-state index contributed by atoms with van der Waals surface area (Å²) in [5.74, 6) is -20.8. The quantitative estimate of drug-likeness (QED) is 0.0199. The first-order valence-electron chi connectivity index (χ1n) is 43.1. The van der Waals surface area contributed by atoms with Gasteiger partial charge in [0, 0.05) is 228 Å². The van der Waals surface area contributed by atoms with Gasteiger partial charge in [-0.05, 0) is 6.92 Å². The molecule has 0 aromatic heterocycles. The molecular formula is C77H134N24O32. The van der Waals surface area contributed by atoms with Gasteiger partial charge in [0.15, 0.2) is 0 Å². The predicted molar refractivity (Wildman–Crippen MR) is 463 cm³/mol. The minimum absolute atomic E-state index is 0.000000594. The smallest absolute Gasteiger partial charge is 0.319 e. The van der Waals surface area contributed by atoms with Crippen LogP contribution in [0, 0.1) is 5.41 Å². The van der Waals surface area contributed by atoms with E-state index >= 15 is 0 Å². The number of carbonyl (C=O) groups is 20. The molecular weight excluding hydrogens is 1770 g/mol. The summed E-state index contributed by atoms with van der Waals surface area (Å²) < 4.78 is 4.85. The van der Waals surface area contributed by atoms with Crippen molar-refractivity contribution in [2.75, 3.05) is 354 Å². The van der Waals surface area contributed by atoms with E-state index in [0.717, 1.165) is 0 Å². The number of hydrogen-bond acceptors (Lipinski definition) is 37. The van der Waals surface area contributed by atoms with E-state index in [4.69, 9.17) is 9.84 Å². The van der Waals surface area contributed by atoms with Crippen LogP contribution in [-0.4, -0.2) is 604 Å². The van der Waals surface area contributed by atoms with Crippen LogP contribution in [0.15, 0.2) is 0 Å². The van der Waals surface area contributed by atoms with Crippen molar-refractivity contribution in [1.82, 2.24) is 122 Å². The Labute approximate surface area is 767 Å². The molecule has 3 fully saturated rings. The SMILES string of the molecule is COC(=O)CN1CCN(CC(=O)O)CCN([C@@H](C)C(=O)NCC(=O)NCC(CNC(=O)CNC(=O)CN(CCNCC(=O)O)CCN(CCNCC(=O)O)CC(=O)O)(CNC(=O)CNC(=O)CN2CCN(CC(=O)O)CCN(CC(=O)O)CCN(CC(=O)O)CC2)CNC(=O)CNC(=O)CN2CCN(CC(=O)O)CCN(CC(=O)O)CCN(CC(=O)O)CC2)CCN(CC(=O)O)CC1. The summed E-state index contributed by atoms with van der Waals surface area (Å²) in [5.41, 5.74) is -1.86. The van der Waals surface area contributed by atoms with Crippen molar-refractivity contribution in [2.24, 2.45) is 5.41 Å². The number of ether oxygens (including phenoxy) is 1. The van der Waals surface area contributed by atoms with Gasteiger partial charge in [0.1, 0.15) is 0 Å². The van der Waals surface area contributed by atoms with Crippen LogP contribution >= 0.6 is 0 Å². The van der Waals surface area contributed by atoms with Gasteiger partial charge < -0.3 is 114 Å². The zero-order valence-corrected chi connectivity index (χ0v) is 75.3. The molecule has 0 aromatic carbocycles. The molecule has 133 heavy (non-hydrogen) atoms. The van der Waals surface area contributed by atoms with Gasteiger partial charge in [0.05, 0.1) is 138 Å². The Hall–Kier alpha value is -11.2. The Morgan fingerprint density at radius 1 is 0.263 bits per heavy atom. The minimum atomic E-state index is -1.86. The lowest BCUT2D eigenvalue weighted by Crippen LogP contribution is -2.59. The van der Waals surface area contributed by atoms with Crippen molar-refractivity contribution in [3.63, 3.8) is 0 Å². The van der Waals surface area contributed by atoms with Gasteiger partial charge in [-0.25, -0.2) is 0 Å². The Bertz CT molecular complexity index is 3590. The van der Waals surface area contributed by atoms with Gasteiger partial charge in [-0.3, -0.25) is 164 Å². The van der Waals surface area contributed by atoms with Gasteiger partial charge in [-0.2, -0.15) is 0 Å². The average Bonchev–Trinajstić information content (AvgIpc) is 0.852. The second kappa shape index (κ2) is 64.6. The van der Waals surface area contributed by atoms with Gasteiger partial charge in [0.25, 0.3) is 0 Å². The number of amides is 8. The molecule has 56 nitrogen and oxygen atoms in total. The molecule has 0 bridgehead atoms. The minimum Gasteiger partial charge on any atom is -0.480 e. The fourth-order valence-corrected chi connectivity index (χ4v) is 14.1. The Kier molecular flexibility index (Phi) is 56.3. The van der Waals surface area contributed by atoms with E-state index in [2.05, 4.69) is 53.2 Å². The Morgan fingerprint density at radius 2 is 0.496 bits per heavy atom. The molecule has 754 valence electrons. The summed E-state index contributed by atoms with van der Waals surface area (Å²) in [4.78, 5) is 277. The van der Waals surface area contributed by atoms with Crippen LogP contribution in [0.1, 0.15) is 6.92 Å². The number of aliphatic carboxylic acids is 11. The second-order valence-corrected chi connectivity index (χ2v) is 32.2. The van der Waals surface area contributed by atoms with E-state index in [1.54, 1.807) is 29.4 Å². The van der Waals surface area contributed by atoms with Crippen LogP contribution in [0.3, 0.4) is 0 Å². The Morgan fingerprint density at radius 3 is 0.744 bits per heavy atom. The van der Waals surface area contributed by atoms with E-state index in [1.807, 2.05) is 0 Å². The lowest BCUT2D eigenvalue weighted by molar-refractivity contribution is -0.143. The Balaban J connectivity index is 2.15. The molecule has 0 aliphatic carbocycles. The second-order valence-electron chi connectivity index (χ2n) is 32.2. The number of nitrogens with one attached hydrogen (secondary N) is 10. The number of carbonyl (C=O) groups excluding carboxylic acids is 9. The molecule has 3 rings (SSSR count). The topological polar surface area (TPSA) is 739 Å². The maximum Gasteiger partial charge on any atom is 0.319 e. The van der Waals surface area contributed by atoms with Crippen LogP contribution in [0.25, 0.3) is 0 Å². The van der Waals surface area contributed by atoms with E-state index in [1.165, 1.54) is 53.2 Å². The first kappa shape index (κ1) is 116. The number of carboxylic acid groups (broad SMARTS) is 11. The highest BCUT2D eigenvalue weighted by Crippen LogP contribution is 2.15. The van der Waals surface area contributed by atoms with Crippen molar-refractivity contribution in [3.05, 3.63) is 0 Å². The van der Waals surface area contributed by atoms with Crippen LogP contribution in [0.2, 0.25) is 0 Å². The molecule has 0 spiro atoms. The molecule has 0 saturated carbocycles. The maximum absolute atomic E-state index is 14.4. The van der Waals surface area contributed by atoms with Crippen LogP contribution in [0.5, 0.6) is 0 Å². The van der Waals surface area contributed by atoms with E-state index in [9.17, 15) is 147 Å². The predicted octanol–water partition coefficient (Wildman–Crippen LogP) is -15.2. The highest BCUT2D eigenvalue weighted by molar-refractivity contribution is 5.89. The highest BCUT2D eigenvalue weighted by Gasteiger charge is 2.35. The molecule has 21 N–H and O–H groups in total. The van der Waals surface area contributed by atoms with Gasteiger partial charge >= 0.3 is 71.6 Å². The third-order valence-corrected chi connectivity index (χ3v) is 21.5. The third kappa shape index (κ3) is 56.4. The highest BCUT2D eigenvalue weighted by atomic mass is 16.5. The van der Waals surface area contributed by atoms with E-state index in [0.29, 0.717) is 0 Å². The van der Waals surface area contributed by atoms with Crippen LogP contribution < -0.4 is 53.2 Å². The van der Waals surface area contributed by atoms with Gasteiger partial charge in [-0.1, -0.05) is 0 Å². The molecule has 3 saturated heterocycles. The molecule has 0 unspecified atom stereocenters. The third-order valence-electron chi connectivity index (χ3n) is 21.5. The number of nitrogens with zero attached hydrogens (tertiary/aromatic N) is 14. The van der Waals surface area contributed by atoms with Gasteiger partial charge in [0.2, 0.25) is 47.3 Å². The van der Waals surface area contributed by atoms with Crippen molar-refractivity contribution < 1.29 is 157 Å². The molecule has 3 heterocycles. The largest absolute Gasteiger partial charge is 0.480 e. The monoisotopic (exact) mass is 1910 g/mol. The lowest BCUT2D eigenvalue weighted by Gasteiger charge is -2.35. The number of rotatable bonds is 57. The summed E-state index contributed by atoms with van der Waals surface area (Å²) in [5, 5.41) is 132.